The highest BCUT2D eigenvalue weighted by Gasteiger charge is 2.35. The van der Waals surface area contributed by atoms with Crippen molar-refractivity contribution in [3.8, 4) is 11.5 Å². The molecule has 0 saturated carbocycles. The van der Waals surface area contributed by atoms with E-state index in [-0.39, 0.29) is 17.7 Å². The molecule has 0 aliphatic carbocycles. The Bertz CT molecular complexity index is 1590. The minimum Gasteiger partial charge on any atom is -0.493 e. The van der Waals surface area contributed by atoms with E-state index >= 15 is 0 Å². The van der Waals surface area contributed by atoms with Crippen LogP contribution in [0, 0.1) is 0 Å². The maximum atomic E-state index is 13.9. The summed E-state index contributed by atoms with van der Waals surface area (Å²) in [4.78, 5) is 34.3. The van der Waals surface area contributed by atoms with Crippen LogP contribution in [0.1, 0.15) is 37.9 Å². The molecule has 2 heterocycles. The van der Waals surface area contributed by atoms with E-state index in [1.165, 1.54) is 11.3 Å². The summed E-state index contributed by atoms with van der Waals surface area (Å²) in [5.74, 6) is 0.452. The van der Waals surface area contributed by atoms with Crippen LogP contribution in [-0.2, 0) is 9.53 Å². The zero-order valence-corrected chi connectivity index (χ0v) is 24.6. The molecule has 2 aromatic carbocycles. The number of hydrogen-bond donors (Lipinski definition) is 0. The van der Waals surface area contributed by atoms with E-state index in [0.29, 0.717) is 38.7 Å². The normalized spacial score (nSPS) is 15.1. The number of carbonyl (C=O) groups is 1. The molecule has 38 heavy (non-hydrogen) atoms. The molecule has 200 valence electrons. The number of nitrogens with zero attached hydrogens (tertiary/aromatic N) is 3. The predicted octanol–water partition coefficient (Wildman–Crippen LogP) is 4.03. The van der Waals surface area contributed by atoms with Crippen molar-refractivity contribution in [1.82, 2.24) is 4.57 Å². The Labute approximate surface area is 233 Å². The lowest BCUT2D eigenvalue weighted by Gasteiger charge is -2.26. The fraction of sp³-hybridized carbons (Fsp3) is 0.321. The number of methoxy groups -OCH3 is 1. The maximum absolute atomic E-state index is 13.9. The van der Waals surface area contributed by atoms with Crippen LogP contribution < -0.4 is 29.3 Å². The first-order chi connectivity index (χ1) is 18.2. The van der Waals surface area contributed by atoms with Crippen molar-refractivity contribution in [2.24, 2.45) is 4.99 Å². The van der Waals surface area contributed by atoms with E-state index < -0.39 is 12.0 Å². The van der Waals surface area contributed by atoms with Gasteiger partial charge in [-0.3, -0.25) is 9.36 Å². The monoisotopic (exact) mass is 599 g/mol. The summed E-state index contributed by atoms with van der Waals surface area (Å²) in [6.07, 6.45) is 1.84. The Morgan fingerprint density at radius 2 is 1.97 bits per heavy atom. The quantitative estimate of drug-likeness (QED) is 0.364. The van der Waals surface area contributed by atoms with Crippen LogP contribution in [0.3, 0.4) is 0 Å². The Hall–Kier alpha value is -3.37. The van der Waals surface area contributed by atoms with Gasteiger partial charge in [-0.15, -0.1) is 0 Å². The highest BCUT2D eigenvalue weighted by atomic mass is 79.9. The number of rotatable bonds is 8. The average Bonchev–Trinajstić information content (AvgIpc) is 3.17. The molecule has 8 nitrogen and oxygen atoms in total. The Morgan fingerprint density at radius 3 is 2.61 bits per heavy atom. The van der Waals surface area contributed by atoms with Gasteiger partial charge < -0.3 is 19.1 Å². The molecule has 0 saturated heterocycles. The summed E-state index contributed by atoms with van der Waals surface area (Å²) in [5.41, 5.74) is 3.03. The number of carbonyl (C=O) groups excluding carboxylic acids is 1. The van der Waals surface area contributed by atoms with E-state index in [2.05, 4.69) is 20.9 Å². The second-order valence-corrected chi connectivity index (χ2v) is 10.6. The first-order valence-electron chi connectivity index (χ1n) is 12.2. The molecule has 1 aliphatic rings. The van der Waals surface area contributed by atoms with Crippen molar-refractivity contribution in [3.05, 3.63) is 83.0 Å². The third-order valence-electron chi connectivity index (χ3n) is 6.08. The Balaban J connectivity index is 1.98. The second-order valence-electron chi connectivity index (χ2n) is 8.72. The van der Waals surface area contributed by atoms with E-state index in [0.717, 1.165) is 15.7 Å². The minimum absolute atomic E-state index is 0.195. The van der Waals surface area contributed by atoms with Gasteiger partial charge in [-0.2, -0.15) is 0 Å². The minimum atomic E-state index is -0.799. The number of halogens is 1. The van der Waals surface area contributed by atoms with Crippen molar-refractivity contribution in [1.29, 1.82) is 0 Å². The van der Waals surface area contributed by atoms with Crippen LogP contribution in [0.25, 0.3) is 6.08 Å². The van der Waals surface area contributed by atoms with Gasteiger partial charge in [0.15, 0.2) is 16.3 Å². The average molecular weight is 601 g/mol. The van der Waals surface area contributed by atoms with Crippen molar-refractivity contribution in [2.75, 3.05) is 39.3 Å². The molecule has 4 rings (SSSR count). The number of allylic oxidation sites excluding steroid dienone is 1. The number of benzene rings is 2. The van der Waals surface area contributed by atoms with Gasteiger partial charge in [-0.05, 0) is 66.5 Å². The SMILES string of the molecule is CCOC(=O)C1=C(C)N=c2s/c(=C/c3ccc(N(C)C)c(Br)c3)c(=O)n2[C@@H]1c1cccc(OC)c1OCC. The topological polar surface area (TPSA) is 82.4 Å². The molecular weight excluding hydrogens is 570 g/mol. The van der Waals surface area contributed by atoms with E-state index in [4.69, 9.17) is 14.2 Å². The van der Waals surface area contributed by atoms with Crippen LogP contribution in [-0.4, -0.2) is 45.0 Å². The highest BCUT2D eigenvalue weighted by Crippen LogP contribution is 2.40. The fourth-order valence-corrected chi connectivity index (χ4v) is 6.22. The molecule has 0 N–H and O–H groups in total. The number of hydrogen-bond acceptors (Lipinski definition) is 8. The molecule has 0 unspecified atom stereocenters. The molecule has 0 radical (unpaired) electrons. The van der Waals surface area contributed by atoms with Crippen molar-refractivity contribution >= 4 is 45.0 Å². The predicted molar refractivity (Wildman–Crippen MR) is 153 cm³/mol. The Kier molecular flexibility index (Phi) is 8.42. The molecule has 0 fully saturated rings. The zero-order chi connectivity index (χ0) is 27.6. The second kappa shape index (κ2) is 11.6. The van der Waals surface area contributed by atoms with Gasteiger partial charge in [0.1, 0.15) is 6.04 Å². The van der Waals surface area contributed by atoms with Crippen LogP contribution in [0.5, 0.6) is 11.5 Å². The number of fused-ring (bicyclic) bond motifs is 1. The molecule has 1 aromatic heterocycles. The number of esters is 1. The zero-order valence-electron chi connectivity index (χ0n) is 22.2. The number of anilines is 1. The first kappa shape index (κ1) is 27.7. The number of thiazole rings is 1. The van der Waals surface area contributed by atoms with Crippen LogP contribution >= 0.6 is 27.3 Å². The van der Waals surface area contributed by atoms with Crippen molar-refractivity contribution in [3.63, 3.8) is 0 Å². The van der Waals surface area contributed by atoms with Crippen molar-refractivity contribution < 1.29 is 19.0 Å². The molecule has 0 bridgehead atoms. The van der Waals surface area contributed by atoms with Crippen LogP contribution in [0.4, 0.5) is 5.69 Å². The molecule has 10 heteroatoms. The Morgan fingerprint density at radius 1 is 1.21 bits per heavy atom. The summed E-state index contributed by atoms with van der Waals surface area (Å²) in [5, 5.41) is 0. The van der Waals surface area contributed by atoms with Gasteiger partial charge >= 0.3 is 5.97 Å². The van der Waals surface area contributed by atoms with E-state index in [9.17, 15) is 9.59 Å². The van der Waals surface area contributed by atoms with Gasteiger partial charge in [0, 0.05) is 24.1 Å². The lowest BCUT2D eigenvalue weighted by molar-refractivity contribution is -0.139. The summed E-state index contributed by atoms with van der Waals surface area (Å²) in [6.45, 7) is 5.95. The van der Waals surface area contributed by atoms with Gasteiger partial charge in [-0.1, -0.05) is 29.5 Å². The van der Waals surface area contributed by atoms with E-state index in [1.807, 2.05) is 62.3 Å². The fourth-order valence-electron chi connectivity index (χ4n) is 4.42. The summed E-state index contributed by atoms with van der Waals surface area (Å²) < 4.78 is 19.9. The van der Waals surface area contributed by atoms with Crippen LogP contribution in [0.2, 0.25) is 0 Å². The molecule has 1 aliphatic heterocycles. The third-order valence-corrected chi connectivity index (χ3v) is 7.70. The van der Waals surface area contributed by atoms with Crippen molar-refractivity contribution in [2.45, 2.75) is 26.8 Å². The number of aromatic nitrogens is 1. The maximum Gasteiger partial charge on any atom is 0.338 e. The molecule has 1 atom stereocenters. The largest absolute Gasteiger partial charge is 0.493 e. The standard InChI is InChI=1S/C28H30BrN3O5S/c1-7-36-25-18(10-9-11-21(25)35-6)24-23(27(34)37-8-2)16(3)30-28-32(24)26(33)22(38-28)15-17-12-13-20(31(4)5)19(29)14-17/h9-15,24H,7-8H2,1-6H3/b22-15+/t24-/m1/s1. The summed E-state index contributed by atoms with van der Waals surface area (Å²) in [6, 6.07) is 10.6. The molecule has 3 aromatic rings. The summed E-state index contributed by atoms with van der Waals surface area (Å²) in [7, 11) is 5.49. The number of ether oxygens (including phenoxy) is 3. The van der Waals surface area contributed by atoms with Crippen LogP contribution in [0.15, 0.2) is 61.9 Å². The van der Waals surface area contributed by atoms with E-state index in [1.54, 1.807) is 31.6 Å². The molecule has 0 spiro atoms. The van der Waals surface area contributed by atoms with Gasteiger partial charge in [0.2, 0.25) is 0 Å². The molecular formula is C28H30BrN3O5S. The van der Waals surface area contributed by atoms with Gasteiger partial charge in [0.25, 0.3) is 5.56 Å². The summed E-state index contributed by atoms with van der Waals surface area (Å²) >= 11 is 4.89. The lowest BCUT2D eigenvalue weighted by atomic mass is 9.94. The lowest BCUT2D eigenvalue weighted by Crippen LogP contribution is -2.40. The first-order valence-corrected chi connectivity index (χ1v) is 13.8. The number of para-hydroxylation sites is 1. The van der Waals surface area contributed by atoms with Gasteiger partial charge in [-0.25, -0.2) is 9.79 Å². The third kappa shape index (κ3) is 5.15. The molecule has 0 amide bonds. The highest BCUT2D eigenvalue weighted by molar-refractivity contribution is 9.10. The smallest absolute Gasteiger partial charge is 0.338 e. The van der Waals surface area contributed by atoms with Gasteiger partial charge in [0.05, 0.1) is 41.8 Å².